The molecule has 14 heteroatoms. The lowest BCUT2D eigenvalue weighted by molar-refractivity contribution is -0.186. The van der Waals surface area contributed by atoms with Gasteiger partial charge in [0.25, 0.3) is 0 Å². The highest BCUT2D eigenvalue weighted by atomic mass is 32.2. The molecule has 1 amide bonds. The molecule has 3 aliphatic heterocycles. The summed E-state index contributed by atoms with van der Waals surface area (Å²) in [4.78, 5) is 43.0. The van der Waals surface area contributed by atoms with Crippen LogP contribution in [0.4, 0.5) is 13.2 Å². The Morgan fingerprint density at radius 1 is 1.04 bits per heavy atom. The van der Waals surface area contributed by atoms with Gasteiger partial charge in [0.15, 0.2) is 11.3 Å². The molecular formula is C35H43F3N4O6S. The summed E-state index contributed by atoms with van der Waals surface area (Å²) < 4.78 is 74.8. The Balaban J connectivity index is 1.44. The van der Waals surface area contributed by atoms with E-state index in [2.05, 4.69) is 4.90 Å². The first kappa shape index (κ1) is 36.7. The van der Waals surface area contributed by atoms with Gasteiger partial charge in [0.05, 0.1) is 17.5 Å². The summed E-state index contributed by atoms with van der Waals surface area (Å²) in [6.45, 7) is 4.60. The number of hydrogen-bond donors (Lipinski definition) is 1. The number of piperidine rings is 1. The van der Waals surface area contributed by atoms with Crippen LogP contribution in [0.25, 0.3) is 0 Å². The Labute approximate surface area is 285 Å². The quantitative estimate of drug-likeness (QED) is 0.224. The maximum absolute atomic E-state index is 14.5. The molecule has 1 unspecified atom stereocenters. The number of hydrogen-bond acceptors (Lipinski definition) is 8. The van der Waals surface area contributed by atoms with Gasteiger partial charge in [-0.3, -0.25) is 14.5 Å². The third kappa shape index (κ3) is 7.77. The minimum absolute atomic E-state index is 0.104. The minimum Gasteiger partial charge on any atom is -0.464 e. The van der Waals surface area contributed by atoms with E-state index in [0.717, 1.165) is 28.4 Å². The highest BCUT2D eigenvalue weighted by molar-refractivity contribution is 7.89. The lowest BCUT2D eigenvalue weighted by Crippen LogP contribution is -2.68. The summed E-state index contributed by atoms with van der Waals surface area (Å²) in [6.07, 6.45) is -1.86. The van der Waals surface area contributed by atoms with Crippen molar-refractivity contribution in [2.45, 2.75) is 81.7 Å². The van der Waals surface area contributed by atoms with E-state index < -0.39 is 52.0 Å². The van der Waals surface area contributed by atoms with Gasteiger partial charge in [-0.2, -0.15) is 17.5 Å². The molecule has 10 nitrogen and oxygen atoms in total. The van der Waals surface area contributed by atoms with Crippen LogP contribution < -0.4 is 5.73 Å². The van der Waals surface area contributed by atoms with Crippen molar-refractivity contribution < 1.29 is 40.7 Å². The Hall–Kier alpha value is -3.59. The Bertz CT molecular complexity index is 1700. The number of carbonyl (C=O) groups is 3. The molecule has 3 heterocycles. The van der Waals surface area contributed by atoms with Gasteiger partial charge in [0, 0.05) is 39.3 Å². The molecule has 2 aromatic rings. The van der Waals surface area contributed by atoms with Crippen molar-refractivity contribution in [3.8, 4) is 0 Å². The first-order valence-corrected chi connectivity index (χ1v) is 18.0. The van der Waals surface area contributed by atoms with Gasteiger partial charge in [-0.25, -0.2) is 13.2 Å². The van der Waals surface area contributed by atoms with Crippen molar-refractivity contribution in [2.24, 2.45) is 11.7 Å². The number of amides is 1. The number of ether oxygens (including phenoxy) is 1. The van der Waals surface area contributed by atoms with E-state index in [4.69, 9.17) is 10.5 Å². The van der Waals surface area contributed by atoms with Crippen molar-refractivity contribution in [2.75, 3.05) is 32.8 Å². The predicted octanol–water partition coefficient (Wildman–Crippen LogP) is 3.97. The van der Waals surface area contributed by atoms with Crippen LogP contribution >= 0.6 is 0 Å². The summed E-state index contributed by atoms with van der Waals surface area (Å²) in [5.41, 5.74) is 7.24. The largest absolute Gasteiger partial charge is 0.471 e. The molecule has 1 fully saturated rings. The molecule has 0 saturated carbocycles. The van der Waals surface area contributed by atoms with E-state index in [0.29, 0.717) is 30.0 Å². The second kappa shape index (κ2) is 14.7. The lowest BCUT2D eigenvalue weighted by Gasteiger charge is -2.45. The van der Waals surface area contributed by atoms with Crippen LogP contribution in [0, 0.1) is 5.92 Å². The SMILES string of the molecule is CCOC(=O)[C@@]1(C(=O)C(N)CC2=CCCN(Cc3ccccc3)C2)C[C@H](C)CCN1S(=O)(=O)c1ccc2c(c1)CN(C(=O)C(F)(F)F)CC2. The second-order valence-electron chi connectivity index (χ2n) is 13.2. The molecule has 3 atom stereocenters. The number of ketones is 1. The van der Waals surface area contributed by atoms with Crippen molar-refractivity contribution in [3.05, 3.63) is 76.9 Å². The molecule has 5 rings (SSSR count). The van der Waals surface area contributed by atoms with Crippen LogP contribution in [0.15, 0.2) is 65.1 Å². The molecule has 49 heavy (non-hydrogen) atoms. The third-order valence-electron chi connectivity index (χ3n) is 9.60. The number of carbonyl (C=O) groups excluding carboxylic acids is 3. The van der Waals surface area contributed by atoms with Crippen molar-refractivity contribution in [1.82, 2.24) is 14.1 Å². The number of benzene rings is 2. The second-order valence-corrected chi connectivity index (χ2v) is 15.0. The molecule has 3 aliphatic rings. The molecule has 0 aliphatic carbocycles. The fraction of sp³-hybridized carbons (Fsp3) is 0.514. The molecular weight excluding hydrogens is 661 g/mol. The van der Waals surface area contributed by atoms with Gasteiger partial charge >= 0.3 is 18.1 Å². The van der Waals surface area contributed by atoms with Crippen LogP contribution in [0.2, 0.25) is 0 Å². The average Bonchev–Trinajstić information content (AvgIpc) is 3.07. The van der Waals surface area contributed by atoms with Crippen LogP contribution in [0.5, 0.6) is 0 Å². The summed E-state index contributed by atoms with van der Waals surface area (Å²) in [6, 6.07) is 12.8. The fourth-order valence-electron chi connectivity index (χ4n) is 7.18. The maximum Gasteiger partial charge on any atom is 0.471 e. The summed E-state index contributed by atoms with van der Waals surface area (Å²) in [7, 11) is -4.60. The van der Waals surface area contributed by atoms with Crippen LogP contribution in [0.3, 0.4) is 0 Å². The van der Waals surface area contributed by atoms with E-state index in [1.54, 1.807) is 6.92 Å². The number of nitrogens with zero attached hydrogens (tertiary/aromatic N) is 3. The molecule has 1 saturated heterocycles. The Morgan fingerprint density at radius 2 is 1.78 bits per heavy atom. The van der Waals surface area contributed by atoms with Gasteiger partial charge in [-0.05, 0) is 73.8 Å². The summed E-state index contributed by atoms with van der Waals surface area (Å²) in [5.74, 6) is -4.00. The Morgan fingerprint density at radius 3 is 2.47 bits per heavy atom. The predicted molar refractivity (Wildman–Crippen MR) is 175 cm³/mol. The molecule has 2 N–H and O–H groups in total. The van der Waals surface area contributed by atoms with E-state index in [9.17, 15) is 36.0 Å². The molecule has 2 aromatic carbocycles. The molecule has 0 bridgehead atoms. The number of halogens is 3. The highest BCUT2D eigenvalue weighted by Gasteiger charge is 2.60. The molecule has 0 radical (unpaired) electrons. The van der Waals surface area contributed by atoms with Crippen molar-refractivity contribution in [3.63, 3.8) is 0 Å². The summed E-state index contributed by atoms with van der Waals surface area (Å²) in [5, 5.41) is 0. The summed E-state index contributed by atoms with van der Waals surface area (Å²) >= 11 is 0. The smallest absolute Gasteiger partial charge is 0.464 e. The van der Waals surface area contributed by atoms with Crippen LogP contribution in [-0.2, 0) is 48.7 Å². The van der Waals surface area contributed by atoms with Gasteiger partial charge < -0.3 is 15.4 Å². The number of nitrogens with two attached hydrogens (primary N) is 1. The van der Waals surface area contributed by atoms with Gasteiger partial charge in [-0.15, -0.1) is 0 Å². The number of Topliss-reactive ketones (excluding diaryl/α,β-unsaturated/α-hetero) is 1. The van der Waals surface area contributed by atoms with Gasteiger partial charge in [-0.1, -0.05) is 55.0 Å². The van der Waals surface area contributed by atoms with E-state index in [1.165, 1.54) is 18.2 Å². The minimum atomic E-state index is -5.07. The lowest BCUT2D eigenvalue weighted by atomic mass is 9.76. The first-order valence-electron chi connectivity index (χ1n) is 16.6. The normalized spacial score (nSPS) is 22.9. The number of esters is 1. The topological polar surface area (TPSA) is 130 Å². The number of alkyl halides is 3. The van der Waals surface area contributed by atoms with E-state index in [1.807, 2.05) is 43.3 Å². The Kier molecular flexibility index (Phi) is 11.0. The number of fused-ring (bicyclic) bond motifs is 1. The zero-order valence-corrected chi connectivity index (χ0v) is 28.6. The van der Waals surface area contributed by atoms with E-state index in [-0.39, 0.29) is 55.3 Å². The highest BCUT2D eigenvalue weighted by Crippen LogP contribution is 2.40. The zero-order valence-electron chi connectivity index (χ0n) is 27.7. The maximum atomic E-state index is 14.5. The van der Waals surface area contributed by atoms with Crippen molar-refractivity contribution in [1.29, 1.82) is 0 Å². The van der Waals surface area contributed by atoms with Crippen LogP contribution in [-0.4, -0.2) is 90.7 Å². The monoisotopic (exact) mass is 704 g/mol. The number of sulfonamides is 1. The molecule has 0 spiro atoms. The van der Waals surface area contributed by atoms with Gasteiger partial charge in [0.1, 0.15) is 0 Å². The standard InChI is InChI=1S/C35H43F3N4O6S/c1-3-48-33(45)34(31(43)30(39)18-26-10-7-15-40(22-26)21-25-8-5-4-6-9-25)20-24(2)13-17-42(34)49(46,47)29-12-11-27-14-16-41(23-28(27)19-29)32(44)35(36,37)38/h4-6,8-12,19,24,30H,3,7,13-18,20-23,39H2,1-2H3/t24-,30?,34+/m1/s1. The van der Waals surface area contributed by atoms with Gasteiger partial charge in [0.2, 0.25) is 10.0 Å². The zero-order chi connectivity index (χ0) is 35.6. The third-order valence-corrected chi connectivity index (χ3v) is 11.5. The average molecular weight is 705 g/mol. The number of rotatable bonds is 10. The van der Waals surface area contributed by atoms with Crippen LogP contribution in [0.1, 0.15) is 56.2 Å². The first-order chi connectivity index (χ1) is 23.2. The van der Waals surface area contributed by atoms with E-state index >= 15 is 0 Å². The fourth-order valence-corrected chi connectivity index (χ4v) is 8.96. The molecule has 0 aromatic heterocycles. The van der Waals surface area contributed by atoms with Crippen molar-refractivity contribution >= 4 is 27.7 Å². The molecule has 266 valence electrons.